The van der Waals surface area contributed by atoms with Crippen LogP contribution >= 0.6 is 0 Å². The third-order valence-corrected chi connectivity index (χ3v) is 0.756. The van der Waals surface area contributed by atoms with Crippen molar-refractivity contribution < 1.29 is 27.4 Å². The first kappa shape index (κ1) is 17.0. The third kappa shape index (κ3) is 39.0. The lowest BCUT2D eigenvalue weighted by molar-refractivity contribution is -0.114. The zero-order valence-corrected chi connectivity index (χ0v) is 9.68. The van der Waals surface area contributed by atoms with Gasteiger partial charge in [-0.2, -0.15) is 8.42 Å². The van der Waals surface area contributed by atoms with Crippen molar-refractivity contribution in [3.63, 3.8) is 0 Å². The minimum atomic E-state index is -4.67. The summed E-state index contributed by atoms with van der Waals surface area (Å²) in [5.41, 5.74) is 0. The predicted octanol–water partition coefficient (Wildman–Crippen LogP) is 1.33. The van der Waals surface area contributed by atoms with Gasteiger partial charge in [0.2, 0.25) is 0 Å². The van der Waals surface area contributed by atoms with Gasteiger partial charge in [0.05, 0.1) is 0 Å². The van der Waals surface area contributed by atoms with Crippen LogP contribution in [0, 0.1) is 0 Å². The fraction of sp³-hybridized carbons (Fsp3) is 0.222. The number of carbonyl (C=O) groups is 1. The molecular formula is C9H14O6S. The molecule has 92 valence electrons. The SMILES string of the molecule is CC(C)=O.O=S(=O)(O)O.Oc1ccccc1. The molecule has 0 atom stereocenters. The first-order valence-corrected chi connectivity index (χ1v) is 5.43. The molecule has 0 saturated carbocycles. The Morgan fingerprint density at radius 1 is 1.06 bits per heavy atom. The van der Waals surface area contributed by atoms with E-state index >= 15 is 0 Å². The Kier molecular flexibility index (Phi) is 9.37. The van der Waals surface area contributed by atoms with Crippen LogP contribution in [0.1, 0.15) is 13.8 Å². The maximum Gasteiger partial charge on any atom is 0.394 e. The summed E-state index contributed by atoms with van der Waals surface area (Å²) in [4.78, 5) is 9.44. The molecule has 1 rings (SSSR count). The third-order valence-electron chi connectivity index (χ3n) is 0.756. The van der Waals surface area contributed by atoms with Crippen LogP contribution in [0.4, 0.5) is 0 Å². The minimum absolute atomic E-state index is 0.167. The van der Waals surface area contributed by atoms with Crippen molar-refractivity contribution >= 4 is 16.2 Å². The molecular weight excluding hydrogens is 236 g/mol. The molecule has 0 amide bonds. The first-order chi connectivity index (χ1) is 7.13. The van der Waals surface area contributed by atoms with Gasteiger partial charge in [-0.3, -0.25) is 9.11 Å². The Labute approximate surface area is 94.1 Å². The maximum absolute atomic E-state index is 9.44. The summed E-state index contributed by atoms with van der Waals surface area (Å²) in [5, 5.41) is 8.63. The van der Waals surface area contributed by atoms with Crippen LogP contribution < -0.4 is 0 Å². The van der Waals surface area contributed by atoms with Gasteiger partial charge in [-0.1, -0.05) is 18.2 Å². The molecule has 0 bridgehead atoms. The molecule has 0 spiro atoms. The summed E-state index contributed by atoms with van der Waals surface area (Å²) in [7, 11) is -4.67. The number of ketones is 1. The number of phenols is 1. The average Bonchev–Trinajstić information content (AvgIpc) is 2.00. The van der Waals surface area contributed by atoms with Gasteiger partial charge in [-0.05, 0) is 26.0 Å². The van der Waals surface area contributed by atoms with E-state index in [0.717, 1.165) is 0 Å². The highest BCUT2D eigenvalue weighted by Crippen LogP contribution is 2.02. The summed E-state index contributed by atoms with van der Waals surface area (Å²) >= 11 is 0. The van der Waals surface area contributed by atoms with Gasteiger partial charge in [0, 0.05) is 0 Å². The highest BCUT2D eigenvalue weighted by atomic mass is 32.3. The van der Waals surface area contributed by atoms with Crippen molar-refractivity contribution in [1.29, 1.82) is 0 Å². The Morgan fingerprint density at radius 2 is 1.31 bits per heavy atom. The van der Waals surface area contributed by atoms with Crippen LogP contribution in [0.15, 0.2) is 30.3 Å². The number of rotatable bonds is 0. The number of Topliss-reactive ketones (excluding diaryl/α,β-unsaturated/α-hetero) is 1. The molecule has 0 aliphatic heterocycles. The quantitative estimate of drug-likeness (QED) is 0.599. The van der Waals surface area contributed by atoms with Crippen molar-refractivity contribution in [2.75, 3.05) is 0 Å². The van der Waals surface area contributed by atoms with Crippen LogP contribution in [0.3, 0.4) is 0 Å². The molecule has 0 heterocycles. The highest BCUT2D eigenvalue weighted by Gasteiger charge is 1.84. The summed E-state index contributed by atoms with van der Waals surface area (Å²) in [6.45, 7) is 3.06. The van der Waals surface area contributed by atoms with Gasteiger partial charge in [-0.25, -0.2) is 0 Å². The molecule has 0 saturated heterocycles. The Balaban J connectivity index is 0. The normalized spacial score (nSPS) is 9.00. The van der Waals surface area contributed by atoms with Gasteiger partial charge < -0.3 is 9.90 Å². The van der Waals surface area contributed by atoms with Crippen molar-refractivity contribution in [2.24, 2.45) is 0 Å². The van der Waals surface area contributed by atoms with Crippen LogP contribution in [0.5, 0.6) is 5.75 Å². The van der Waals surface area contributed by atoms with Crippen molar-refractivity contribution in [1.82, 2.24) is 0 Å². The number of carbonyl (C=O) groups excluding carboxylic acids is 1. The fourth-order valence-electron chi connectivity index (χ4n) is 0.428. The second-order valence-electron chi connectivity index (χ2n) is 2.69. The zero-order chi connectivity index (χ0) is 13.2. The highest BCUT2D eigenvalue weighted by molar-refractivity contribution is 7.79. The molecule has 0 radical (unpaired) electrons. The fourth-order valence-corrected chi connectivity index (χ4v) is 0.428. The lowest BCUT2D eigenvalue weighted by Gasteiger charge is -1.82. The monoisotopic (exact) mass is 250 g/mol. The van der Waals surface area contributed by atoms with Gasteiger partial charge in [0.15, 0.2) is 0 Å². The number of benzene rings is 1. The largest absolute Gasteiger partial charge is 0.508 e. The molecule has 0 aliphatic carbocycles. The summed E-state index contributed by atoms with van der Waals surface area (Å²) < 4.78 is 31.6. The van der Waals surface area contributed by atoms with Crippen LogP contribution in [-0.4, -0.2) is 28.4 Å². The molecule has 3 N–H and O–H groups in total. The van der Waals surface area contributed by atoms with Crippen molar-refractivity contribution in [3.05, 3.63) is 30.3 Å². The van der Waals surface area contributed by atoms with E-state index in [1.165, 1.54) is 13.8 Å². The summed E-state index contributed by atoms with van der Waals surface area (Å²) in [6.07, 6.45) is 0. The Hall–Kier alpha value is -1.44. The number of hydrogen-bond donors (Lipinski definition) is 3. The van der Waals surface area contributed by atoms with Crippen LogP contribution in [0.25, 0.3) is 0 Å². The molecule has 0 aromatic heterocycles. The van der Waals surface area contributed by atoms with E-state index in [1.54, 1.807) is 24.3 Å². The second-order valence-corrected chi connectivity index (χ2v) is 3.59. The smallest absolute Gasteiger partial charge is 0.394 e. The van der Waals surface area contributed by atoms with E-state index in [9.17, 15) is 4.79 Å². The van der Waals surface area contributed by atoms with Crippen molar-refractivity contribution in [2.45, 2.75) is 13.8 Å². The molecule has 1 aromatic carbocycles. The molecule has 1 aromatic rings. The lowest BCUT2D eigenvalue weighted by Crippen LogP contribution is -1.89. The van der Waals surface area contributed by atoms with E-state index in [2.05, 4.69) is 0 Å². The van der Waals surface area contributed by atoms with Crippen molar-refractivity contribution in [3.8, 4) is 5.75 Å². The molecule has 6 nitrogen and oxygen atoms in total. The second kappa shape index (κ2) is 8.84. The number of phenolic OH excluding ortho intramolecular Hbond substituents is 1. The maximum atomic E-state index is 9.44. The standard InChI is InChI=1S/C6H6O.C3H6O.H2O4S/c7-6-4-2-1-3-5-6;1-3(2)4;1-5(2,3)4/h1-5,7H;1-2H3;(H2,1,2,3,4). The molecule has 16 heavy (non-hydrogen) atoms. The van der Waals surface area contributed by atoms with Crippen LogP contribution in [-0.2, 0) is 15.2 Å². The van der Waals surface area contributed by atoms with E-state index < -0.39 is 10.4 Å². The summed E-state index contributed by atoms with van der Waals surface area (Å²) in [6, 6.07) is 8.71. The Morgan fingerprint density at radius 3 is 1.44 bits per heavy atom. The average molecular weight is 250 g/mol. The minimum Gasteiger partial charge on any atom is -0.508 e. The molecule has 7 heteroatoms. The zero-order valence-electron chi connectivity index (χ0n) is 8.86. The summed E-state index contributed by atoms with van der Waals surface area (Å²) in [5.74, 6) is 0.488. The topological polar surface area (TPSA) is 112 Å². The van der Waals surface area contributed by atoms with Crippen LogP contribution in [0.2, 0.25) is 0 Å². The van der Waals surface area contributed by atoms with Gasteiger partial charge in [-0.15, -0.1) is 0 Å². The van der Waals surface area contributed by atoms with E-state index in [1.807, 2.05) is 6.07 Å². The Bertz CT molecular complexity index is 372. The molecule has 0 unspecified atom stereocenters. The van der Waals surface area contributed by atoms with Gasteiger partial charge >= 0.3 is 10.4 Å². The lowest BCUT2D eigenvalue weighted by atomic mass is 10.3. The number of hydrogen-bond acceptors (Lipinski definition) is 4. The van der Waals surface area contributed by atoms with E-state index in [4.69, 9.17) is 22.6 Å². The number of aromatic hydroxyl groups is 1. The first-order valence-electron chi connectivity index (χ1n) is 4.04. The molecule has 0 aliphatic rings. The van der Waals surface area contributed by atoms with E-state index in [-0.39, 0.29) is 5.78 Å². The number of para-hydroxylation sites is 1. The van der Waals surface area contributed by atoms with Gasteiger partial charge in [0.25, 0.3) is 0 Å². The molecule has 0 fully saturated rings. The van der Waals surface area contributed by atoms with Gasteiger partial charge in [0.1, 0.15) is 11.5 Å². The van der Waals surface area contributed by atoms with E-state index in [0.29, 0.717) is 5.75 Å². The predicted molar refractivity (Wildman–Crippen MR) is 58.6 cm³/mol.